The Morgan fingerprint density at radius 2 is 1.20 bits per heavy atom. The molecule has 0 saturated heterocycles. The Bertz CT molecular complexity index is 720. The van der Waals surface area contributed by atoms with E-state index in [9.17, 15) is 5.26 Å². The second-order valence-electron chi connectivity index (χ2n) is 8.76. The molecule has 0 aromatic heterocycles. The highest BCUT2D eigenvalue weighted by Crippen LogP contribution is 2.26. The van der Waals surface area contributed by atoms with Gasteiger partial charge in [-0.2, -0.15) is 5.26 Å². The largest absolute Gasteiger partial charge is 0.354 e. The minimum Gasteiger partial charge on any atom is -0.354 e. The number of hydrogen-bond acceptors (Lipinski definition) is 2. The molecule has 0 radical (unpaired) electrons. The topological polar surface area (TPSA) is 27.0 Å². The third kappa shape index (κ3) is 5.10. The molecule has 2 aromatic rings. The molecule has 0 aliphatic rings. The average Bonchev–Trinajstić information content (AvgIpc) is 2.53. The Morgan fingerprint density at radius 1 is 0.760 bits per heavy atom. The Kier molecular flexibility index (Phi) is 5.58. The van der Waals surface area contributed by atoms with E-state index < -0.39 is 0 Å². The minimum atomic E-state index is 0.140. The number of nitriles is 1. The second-order valence-corrected chi connectivity index (χ2v) is 8.76. The van der Waals surface area contributed by atoms with Crippen molar-refractivity contribution in [2.24, 2.45) is 0 Å². The zero-order valence-corrected chi connectivity index (χ0v) is 16.4. The molecule has 0 heterocycles. The maximum absolute atomic E-state index is 9.22. The molecule has 0 aliphatic heterocycles. The van der Waals surface area contributed by atoms with Crippen LogP contribution in [-0.2, 0) is 17.4 Å². The predicted octanol–water partition coefficient (Wildman–Crippen LogP) is 5.81. The molecular weight excluding hydrogens is 304 g/mol. The van der Waals surface area contributed by atoms with Gasteiger partial charge in [0.05, 0.1) is 6.07 Å². The predicted molar refractivity (Wildman–Crippen MR) is 107 cm³/mol. The van der Waals surface area contributed by atoms with Crippen LogP contribution in [0, 0.1) is 11.3 Å². The molecule has 0 aliphatic carbocycles. The summed E-state index contributed by atoms with van der Waals surface area (Å²) in [5, 5.41) is 9.22. The fourth-order valence-corrected chi connectivity index (χ4v) is 2.83. The number of benzene rings is 2. The highest BCUT2D eigenvalue weighted by Gasteiger charge is 2.15. The Morgan fingerprint density at radius 3 is 1.60 bits per heavy atom. The summed E-state index contributed by atoms with van der Waals surface area (Å²) >= 11 is 0. The van der Waals surface area contributed by atoms with Crippen molar-refractivity contribution in [2.45, 2.75) is 58.9 Å². The molecule has 0 saturated carbocycles. The molecule has 0 N–H and O–H groups in total. The molecule has 2 rings (SSSR count). The van der Waals surface area contributed by atoms with Crippen molar-refractivity contribution in [3.63, 3.8) is 0 Å². The molecule has 2 nitrogen and oxygen atoms in total. The third-order valence-corrected chi connectivity index (χ3v) is 4.55. The van der Waals surface area contributed by atoms with Crippen molar-refractivity contribution in [1.29, 1.82) is 5.26 Å². The SMILES string of the molecule is CC(C)(C)c1ccc(CN(CC#N)c2ccc(C(C)(C)C)cc2)cc1. The van der Waals surface area contributed by atoms with Crippen LogP contribution in [0.4, 0.5) is 5.69 Å². The van der Waals surface area contributed by atoms with Gasteiger partial charge in [-0.15, -0.1) is 0 Å². The first kappa shape index (κ1) is 19.1. The summed E-state index contributed by atoms with van der Waals surface area (Å²) in [6.07, 6.45) is 0. The lowest BCUT2D eigenvalue weighted by atomic mass is 9.86. The van der Waals surface area contributed by atoms with Gasteiger partial charge in [0, 0.05) is 12.2 Å². The van der Waals surface area contributed by atoms with Gasteiger partial charge in [-0.3, -0.25) is 0 Å². The summed E-state index contributed by atoms with van der Waals surface area (Å²) in [5.74, 6) is 0. The van der Waals surface area contributed by atoms with Gasteiger partial charge >= 0.3 is 0 Å². The van der Waals surface area contributed by atoms with Crippen LogP contribution in [0.3, 0.4) is 0 Å². The molecule has 2 aromatic carbocycles. The smallest absolute Gasteiger partial charge is 0.106 e. The highest BCUT2D eigenvalue weighted by molar-refractivity contribution is 5.50. The van der Waals surface area contributed by atoms with Gasteiger partial charge < -0.3 is 4.90 Å². The molecule has 0 amide bonds. The molecular formula is C23H30N2. The van der Waals surface area contributed by atoms with E-state index in [0.29, 0.717) is 6.54 Å². The van der Waals surface area contributed by atoms with E-state index in [1.165, 1.54) is 16.7 Å². The summed E-state index contributed by atoms with van der Waals surface area (Å²) in [4.78, 5) is 2.12. The molecule has 2 heteroatoms. The fraction of sp³-hybridized carbons (Fsp3) is 0.435. The van der Waals surface area contributed by atoms with Crippen LogP contribution in [0.25, 0.3) is 0 Å². The fourth-order valence-electron chi connectivity index (χ4n) is 2.83. The summed E-state index contributed by atoms with van der Waals surface area (Å²) in [6.45, 7) is 14.4. The van der Waals surface area contributed by atoms with Gasteiger partial charge in [0.15, 0.2) is 0 Å². The number of rotatable bonds is 4. The summed E-state index contributed by atoms with van der Waals surface area (Å²) in [6, 6.07) is 19.6. The van der Waals surface area contributed by atoms with Gasteiger partial charge in [0.1, 0.15) is 6.54 Å². The van der Waals surface area contributed by atoms with Gasteiger partial charge in [-0.25, -0.2) is 0 Å². The molecule has 0 spiro atoms. The summed E-state index contributed by atoms with van der Waals surface area (Å²) < 4.78 is 0. The van der Waals surface area contributed by atoms with Crippen LogP contribution in [0.5, 0.6) is 0 Å². The van der Waals surface area contributed by atoms with E-state index >= 15 is 0 Å². The molecule has 25 heavy (non-hydrogen) atoms. The Hall–Kier alpha value is -2.27. The van der Waals surface area contributed by atoms with Crippen LogP contribution in [0.2, 0.25) is 0 Å². The summed E-state index contributed by atoms with van der Waals surface area (Å²) in [7, 11) is 0. The maximum atomic E-state index is 9.22. The first-order valence-corrected chi connectivity index (χ1v) is 8.93. The molecule has 0 bridgehead atoms. The lowest BCUT2D eigenvalue weighted by Gasteiger charge is -2.25. The third-order valence-electron chi connectivity index (χ3n) is 4.55. The zero-order valence-electron chi connectivity index (χ0n) is 16.4. The molecule has 0 unspecified atom stereocenters. The molecule has 0 atom stereocenters. The van der Waals surface area contributed by atoms with E-state index in [2.05, 4.69) is 101 Å². The number of anilines is 1. The number of hydrogen-bond donors (Lipinski definition) is 0. The highest BCUT2D eigenvalue weighted by atomic mass is 15.1. The van der Waals surface area contributed by atoms with Crippen LogP contribution in [0.1, 0.15) is 58.2 Å². The normalized spacial score (nSPS) is 11.9. The maximum Gasteiger partial charge on any atom is 0.106 e. The van der Waals surface area contributed by atoms with E-state index in [-0.39, 0.29) is 10.8 Å². The van der Waals surface area contributed by atoms with Gasteiger partial charge in [-0.1, -0.05) is 77.9 Å². The minimum absolute atomic E-state index is 0.140. The van der Waals surface area contributed by atoms with Crippen molar-refractivity contribution in [3.8, 4) is 6.07 Å². The Balaban J connectivity index is 2.20. The van der Waals surface area contributed by atoms with Gasteiger partial charge in [-0.05, 0) is 39.7 Å². The quantitative estimate of drug-likeness (QED) is 0.660. The van der Waals surface area contributed by atoms with Gasteiger partial charge in [0.2, 0.25) is 0 Å². The van der Waals surface area contributed by atoms with E-state index in [1.54, 1.807) is 0 Å². The van der Waals surface area contributed by atoms with Crippen molar-refractivity contribution in [1.82, 2.24) is 0 Å². The molecule has 0 fully saturated rings. The van der Waals surface area contributed by atoms with Crippen LogP contribution < -0.4 is 4.90 Å². The monoisotopic (exact) mass is 334 g/mol. The second kappa shape index (κ2) is 7.31. The van der Waals surface area contributed by atoms with Crippen molar-refractivity contribution in [2.75, 3.05) is 11.4 Å². The van der Waals surface area contributed by atoms with Crippen molar-refractivity contribution >= 4 is 5.69 Å². The van der Waals surface area contributed by atoms with E-state index in [4.69, 9.17) is 0 Å². The van der Waals surface area contributed by atoms with Crippen LogP contribution in [0.15, 0.2) is 48.5 Å². The number of nitrogens with zero attached hydrogens (tertiary/aromatic N) is 2. The van der Waals surface area contributed by atoms with E-state index in [1.807, 2.05) is 0 Å². The van der Waals surface area contributed by atoms with Gasteiger partial charge in [0.25, 0.3) is 0 Å². The average molecular weight is 335 g/mol. The Labute approximate surface area is 153 Å². The van der Waals surface area contributed by atoms with E-state index in [0.717, 1.165) is 12.2 Å². The zero-order chi connectivity index (χ0) is 18.7. The van der Waals surface area contributed by atoms with Crippen molar-refractivity contribution in [3.05, 3.63) is 65.2 Å². The van der Waals surface area contributed by atoms with Crippen molar-refractivity contribution < 1.29 is 0 Å². The lowest BCUT2D eigenvalue weighted by Crippen LogP contribution is -2.23. The first-order valence-electron chi connectivity index (χ1n) is 8.93. The van der Waals surface area contributed by atoms with Crippen LogP contribution >= 0.6 is 0 Å². The standard InChI is InChI=1S/C23H30N2/c1-22(2,3)19-9-7-18(8-10-19)17-25(16-15-24)21-13-11-20(12-14-21)23(4,5)6/h7-14H,16-17H2,1-6H3. The molecule has 132 valence electrons. The first-order chi connectivity index (χ1) is 11.6. The lowest BCUT2D eigenvalue weighted by molar-refractivity contribution is 0.589. The van der Waals surface area contributed by atoms with Crippen LogP contribution in [-0.4, -0.2) is 6.54 Å². The summed E-state index contributed by atoms with van der Waals surface area (Å²) in [5.41, 5.74) is 5.26.